The standard InChI is InChI=1S/C29H27F4N3O2/c1-18-12-20(6-7-23(18)26(37)16-28(2)8-9-28)36-17-35-27-24(34-11-10-29(31,32)33)14-22(15-25(27)36)38-21-5-3-4-19(30)13-21/h3-7,12-15,17,34H,8-11,16H2,1-2H3. The van der Waals surface area contributed by atoms with Crippen LogP contribution in [0.3, 0.4) is 0 Å². The van der Waals surface area contributed by atoms with E-state index in [2.05, 4.69) is 17.2 Å². The molecule has 198 valence electrons. The number of aromatic nitrogens is 2. The van der Waals surface area contributed by atoms with Gasteiger partial charge in [-0.15, -0.1) is 0 Å². The maximum absolute atomic E-state index is 13.7. The van der Waals surface area contributed by atoms with E-state index in [1.54, 1.807) is 35.2 Å². The summed E-state index contributed by atoms with van der Waals surface area (Å²) in [5.74, 6) is 0.199. The summed E-state index contributed by atoms with van der Waals surface area (Å²) in [4.78, 5) is 17.3. The number of carbonyl (C=O) groups excluding carboxylic acids is 1. The van der Waals surface area contributed by atoms with Gasteiger partial charge in [-0.05, 0) is 61.1 Å². The maximum atomic E-state index is 13.7. The van der Waals surface area contributed by atoms with Crippen molar-refractivity contribution in [2.24, 2.45) is 5.41 Å². The summed E-state index contributed by atoms with van der Waals surface area (Å²) >= 11 is 0. The van der Waals surface area contributed by atoms with Gasteiger partial charge >= 0.3 is 6.18 Å². The fourth-order valence-electron chi connectivity index (χ4n) is 4.48. The van der Waals surface area contributed by atoms with Crippen LogP contribution in [0.15, 0.2) is 60.9 Å². The summed E-state index contributed by atoms with van der Waals surface area (Å²) < 4.78 is 59.7. The van der Waals surface area contributed by atoms with Crippen LogP contribution in [0.2, 0.25) is 0 Å². The van der Waals surface area contributed by atoms with E-state index in [0.717, 1.165) is 24.1 Å². The predicted molar refractivity (Wildman–Crippen MR) is 138 cm³/mol. The molecule has 0 amide bonds. The number of imidazole rings is 1. The van der Waals surface area contributed by atoms with Crippen LogP contribution in [0.1, 0.15) is 48.5 Å². The number of fused-ring (bicyclic) bond motifs is 1. The number of alkyl halides is 3. The van der Waals surface area contributed by atoms with Crippen LogP contribution >= 0.6 is 0 Å². The Hall–Kier alpha value is -3.88. The summed E-state index contributed by atoms with van der Waals surface area (Å²) in [6.45, 7) is 3.66. The van der Waals surface area contributed by atoms with E-state index in [1.807, 2.05) is 19.1 Å². The Morgan fingerprint density at radius 3 is 2.58 bits per heavy atom. The third-order valence-corrected chi connectivity index (χ3v) is 6.86. The molecule has 0 unspecified atom stereocenters. The first-order valence-corrected chi connectivity index (χ1v) is 12.4. The van der Waals surface area contributed by atoms with Crippen molar-refractivity contribution >= 4 is 22.5 Å². The first-order valence-electron chi connectivity index (χ1n) is 12.4. The molecule has 0 bridgehead atoms. The zero-order valence-electron chi connectivity index (χ0n) is 21.0. The molecule has 0 aliphatic heterocycles. The fourth-order valence-corrected chi connectivity index (χ4v) is 4.48. The molecule has 5 rings (SSSR count). The van der Waals surface area contributed by atoms with Crippen molar-refractivity contribution < 1.29 is 27.1 Å². The Morgan fingerprint density at radius 2 is 1.89 bits per heavy atom. The molecule has 9 heteroatoms. The Bertz CT molecular complexity index is 1510. The lowest BCUT2D eigenvalue weighted by molar-refractivity contribution is -0.131. The van der Waals surface area contributed by atoms with Gasteiger partial charge in [0.25, 0.3) is 0 Å². The molecule has 0 spiro atoms. The number of aryl methyl sites for hydroxylation is 1. The molecule has 5 nitrogen and oxygen atoms in total. The molecule has 1 fully saturated rings. The van der Waals surface area contributed by atoms with Gasteiger partial charge in [-0.3, -0.25) is 9.36 Å². The number of hydrogen-bond donors (Lipinski definition) is 1. The van der Waals surface area contributed by atoms with Crippen molar-refractivity contribution in [1.29, 1.82) is 0 Å². The third-order valence-electron chi connectivity index (χ3n) is 6.86. The van der Waals surface area contributed by atoms with Crippen LogP contribution in [0.4, 0.5) is 23.2 Å². The second-order valence-electron chi connectivity index (χ2n) is 10.2. The topological polar surface area (TPSA) is 56.1 Å². The number of anilines is 1. The van der Waals surface area contributed by atoms with Crippen molar-refractivity contribution in [1.82, 2.24) is 9.55 Å². The number of ether oxygens (including phenoxy) is 1. The Morgan fingerprint density at radius 1 is 1.11 bits per heavy atom. The number of ketones is 1. The normalized spacial score (nSPS) is 14.5. The molecular weight excluding hydrogens is 498 g/mol. The average molecular weight is 526 g/mol. The summed E-state index contributed by atoms with van der Waals surface area (Å²) in [7, 11) is 0. The number of halogens is 4. The second kappa shape index (κ2) is 9.78. The van der Waals surface area contributed by atoms with Crippen molar-refractivity contribution in [2.45, 2.75) is 45.7 Å². The van der Waals surface area contributed by atoms with E-state index in [0.29, 0.717) is 34.5 Å². The zero-order chi connectivity index (χ0) is 27.1. The first-order chi connectivity index (χ1) is 18.0. The van der Waals surface area contributed by atoms with Gasteiger partial charge in [0.15, 0.2) is 5.78 Å². The van der Waals surface area contributed by atoms with E-state index in [9.17, 15) is 22.4 Å². The first kappa shape index (κ1) is 25.8. The Labute approximate surface area is 217 Å². The molecule has 0 saturated heterocycles. The quantitative estimate of drug-likeness (QED) is 0.178. The SMILES string of the molecule is Cc1cc(-n2cnc3c(NCCC(F)(F)F)cc(Oc4cccc(F)c4)cc32)ccc1C(=O)CC1(C)CC1. The van der Waals surface area contributed by atoms with E-state index in [1.165, 1.54) is 18.2 Å². The molecule has 0 atom stereocenters. The molecule has 1 saturated carbocycles. The van der Waals surface area contributed by atoms with Crippen LogP contribution in [0, 0.1) is 18.2 Å². The smallest absolute Gasteiger partial charge is 0.390 e. The van der Waals surface area contributed by atoms with E-state index < -0.39 is 18.4 Å². The molecule has 38 heavy (non-hydrogen) atoms. The van der Waals surface area contributed by atoms with Gasteiger partial charge in [0.2, 0.25) is 0 Å². The number of hydrogen-bond acceptors (Lipinski definition) is 4. The van der Waals surface area contributed by atoms with Crippen molar-refractivity contribution in [3.8, 4) is 17.2 Å². The molecule has 1 heterocycles. The fraction of sp³-hybridized carbons (Fsp3) is 0.310. The van der Waals surface area contributed by atoms with Gasteiger partial charge in [-0.2, -0.15) is 13.2 Å². The Balaban J connectivity index is 1.50. The van der Waals surface area contributed by atoms with Crippen LogP contribution < -0.4 is 10.1 Å². The summed E-state index contributed by atoms with van der Waals surface area (Å²) in [6, 6.07) is 14.4. The highest BCUT2D eigenvalue weighted by Crippen LogP contribution is 2.48. The monoisotopic (exact) mass is 525 g/mol. The number of rotatable bonds is 9. The van der Waals surface area contributed by atoms with Gasteiger partial charge in [-0.1, -0.05) is 13.0 Å². The minimum absolute atomic E-state index is 0.107. The summed E-state index contributed by atoms with van der Waals surface area (Å²) in [5, 5.41) is 2.82. The highest BCUT2D eigenvalue weighted by Gasteiger charge is 2.39. The van der Waals surface area contributed by atoms with Crippen molar-refractivity contribution in [3.63, 3.8) is 0 Å². The molecule has 0 radical (unpaired) electrons. The number of carbonyl (C=O) groups is 1. The maximum Gasteiger partial charge on any atom is 0.390 e. The van der Waals surface area contributed by atoms with Gasteiger partial charge in [0.05, 0.1) is 17.6 Å². The number of Topliss-reactive ketones (excluding diaryl/α,β-unsaturated/α-hetero) is 1. The largest absolute Gasteiger partial charge is 0.457 e. The third kappa shape index (κ3) is 5.82. The number of benzene rings is 3. The second-order valence-corrected chi connectivity index (χ2v) is 10.2. The highest BCUT2D eigenvalue weighted by molar-refractivity contribution is 5.98. The van der Waals surface area contributed by atoms with Gasteiger partial charge in [-0.25, -0.2) is 9.37 Å². The van der Waals surface area contributed by atoms with Crippen LogP contribution in [0.25, 0.3) is 16.7 Å². The van der Waals surface area contributed by atoms with Crippen LogP contribution in [0.5, 0.6) is 11.5 Å². The van der Waals surface area contributed by atoms with Gasteiger partial charge in [0, 0.05) is 42.4 Å². The van der Waals surface area contributed by atoms with E-state index >= 15 is 0 Å². The number of nitrogens with one attached hydrogen (secondary N) is 1. The lowest BCUT2D eigenvalue weighted by Gasteiger charge is -2.14. The van der Waals surface area contributed by atoms with Crippen LogP contribution in [-0.4, -0.2) is 28.1 Å². The molecule has 1 aliphatic carbocycles. The molecule has 1 aromatic heterocycles. The van der Waals surface area contributed by atoms with E-state index in [-0.39, 0.29) is 23.5 Å². The van der Waals surface area contributed by atoms with Gasteiger partial charge in [0.1, 0.15) is 29.2 Å². The average Bonchev–Trinajstić information content (AvgIpc) is 3.39. The predicted octanol–water partition coefficient (Wildman–Crippen LogP) is 8.00. The van der Waals surface area contributed by atoms with E-state index in [4.69, 9.17) is 4.74 Å². The van der Waals surface area contributed by atoms with Crippen molar-refractivity contribution in [3.05, 3.63) is 77.9 Å². The molecular formula is C29H27F4N3O2. The zero-order valence-corrected chi connectivity index (χ0v) is 21.0. The molecule has 1 N–H and O–H groups in total. The molecule has 1 aliphatic rings. The summed E-state index contributed by atoms with van der Waals surface area (Å²) in [5.41, 5.74) is 3.75. The minimum atomic E-state index is -4.31. The number of nitrogens with zero attached hydrogens (tertiary/aromatic N) is 2. The summed E-state index contributed by atoms with van der Waals surface area (Å²) in [6.07, 6.45) is -1.10. The Kier molecular flexibility index (Phi) is 6.63. The van der Waals surface area contributed by atoms with Crippen molar-refractivity contribution in [2.75, 3.05) is 11.9 Å². The molecule has 4 aromatic rings. The lowest BCUT2D eigenvalue weighted by Crippen LogP contribution is -2.14. The lowest BCUT2D eigenvalue weighted by atomic mass is 9.95. The minimum Gasteiger partial charge on any atom is -0.457 e. The highest BCUT2D eigenvalue weighted by atomic mass is 19.4. The molecule has 3 aromatic carbocycles. The van der Waals surface area contributed by atoms with Gasteiger partial charge < -0.3 is 10.1 Å². The van der Waals surface area contributed by atoms with Crippen LogP contribution in [-0.2, 0) is 0 Å².